The molecule has 0 bridgehead atoms. The van der Waals surface area contributed by atoms with Crippen LogP contribution in [0.2, 0.25) is 0 Å². The van der Waals surface area contributed by atoms with Crippen LogP contribution in [0.15, 0.2) is 0 Å². The fourth-order valence-electron chi connectivity index (χ4n) is 0.151. The minimum absolute atomic E-state index is 0.127. The van der Waals surface area contributed by atoms with Gasteiger partial charge in [0.1, 0.15) is 6.02 Å². The van der Waals surface area contributed by atoms with Crippen LogP contribution in [0.1, 0.15) is 14.7 Å². The molecule has 0 aromatic rings. The normalized spacial score (nSPS) is 20.0. The van der Waals surface area contributed by atoms with Gasteiger partial charge in [-0.05, 0) is 6.42 Å². The van der Waals surface area contributed by atoms with E-state index in [2.05, 4.69) is 0 Å². The third-order valence-electron chi connectivity index (χ3n) is 0.656. The third kappa shape index (κ3) is 2.17. The molecule has 0 amide bonds. The summed E-state index contributed by atoms with van der Waals surface area (Å²) in [6, 6.07) is -1.79. The van der Waals surface area contributed by atoms with Crippen LogP contribution in [0.3, 0.4) is 0 Å². The monoisotopic (exact) mass is 104 g/mol. The molecule has 3 nitrogen and oxygen atoms in total. The van der Waals surface area contributed by atoms with Crippen molar-refractivity contribution in [3.63, 3.8) is 0 Å². The average molecular weight is 104 g/mol. The lowest BCUT2D eigenvalue weighted by molar-refractivity contribution is -0.138. The van der Waals surface area contributed by atoms with E-state index in [1.165, 1.54) is 0 Å². The number of aliphatic carboxylic acids is 1. The molecule has 0 saturated heterocycles. The van der Waals surface area contributed by atoms with Crippen LogP contribution in [0.25, 0.3) is 0 Å². The number of hydrogen-bond donors (Lipinski definition) is 2. The maximum atomic E-state index is 9.94. The fraction of sp³-hybridized carbons (Fsp3) is 0.750. The molecule has 0 aliphatic carbocycles. The number of carbonyl (C=O) groups is 1. The van der Waals surface area contributed by atoms with Crippen molar-refractivity contribution in [1.82, 2.24) is 0 Å². The van der Waals surface area contributed by atoms with Gasteiger partial charge in [0, 0.05) is 0 Å². The van der Waals surface area contributed by atoms with E-state index in [4.69, 9.17) is 12.2 Å². The van der Waals surface area contributed by atoms with Gasteiger partial charge in [0.15, 0.2) is 0 Å². The molecule has 0 heterocycles. The first-order valence-electron chi connectivity index (χ1n) is 2.53. The summed E-state index contributed by atoms with van der Waals surface area (Å²) in [5.41, 5.74) is 4.93. The minimum Gasteiger partial charge on any atom is -0.480 e. The van der Waals surface area contributed by atoms with E-state index in [-0.39, 0.29) is 6.42 Å². The predicted molar refractivity (Wildman–Crippen MR) is 25.9 cm³/mol. The smallest absolute Gasteiger partial charge is 0.320 e. The SMILES string of the molecule is [2H][C@@](N)(CC)C(=O)O. The van der Waals surface area contributed by atoms with E-state index in [9.17, 15) is 4.79 Å². The zero-order valence-corrected chi connectivity index (χ0v) is 4.14. The zero-order chi connectivity index (χ0) is 6.78. The first-order valence-corrected chi connectivity index (χ1v) is 2.03. The van der Waals surface area contributed by atoms with E-state index in [1.807, 2.05) is 0 Å². The van der Waals surface area contributed by atoms with Crippen molar-refractivity contribution in [3.8, 4) is 0 Å². The van der Waals surface area contributed by atoms with Gasteiger partial charge >= 0.3 is 5.97 Å². The molecule has 0 aliphatic heterocycles. The quantitative estimate of drug-likeness (QED) is 0.510. The number of rotatable bonds is 2. The summed E-state index contributed by atoms with van der Waals surface area (Å²) >= 11 is 0. The molecule has 0 unspecified atom stereocenters. The lowest BCUT2D eigenvalue weighted by Crippen LogP contribution is -2.28. The highest BCUT2D eigenvalue weighted by Crippen LogP contribution is 1.82. The highest BCUT2D eigenvalue weighted by atomic mass is 16.4. The molecule has 0 radical (unpaired) electrons. The van der Waals surface area contributed by atoms with Gasteiger partial charge in [-0.1, -0.05) is 6.92 Å². The number of carboxylic acids is 1. The van der Waals surface area contributed by atoms with E-state index in [0.717, 1.165) is 0 Å². The fourth-order valence-corrected chi connectivity index (χ4v) is 0.151. The molecule has 7 heavy (non-hydrogen) atoms. The van der Waals surface area contributed by atoms with Gasteiger partial charge in [-0.3, -0.25) is 4.79 Å². The molecule has 0 rings (SSSR count). The second kappa shape index (κ2) is 2.58. The Morgan fingerprint density at radius 1 is 2.29 bits per heavy atom. The molecular formula is C4H9NO2. The zero-order valence-electron chi connectivity index (χ0n) is 5.14. The molecule has 3 N–H and O–H groups in total. The summed E-state index contributed by atoms with van der Waals surface area (Å²) in [6.07, 6.45) is 0.127. The summed E-state index contributed by atoms with van der Waals surface area (Å²) in [6.45, 7) is 1.56. The Labute approximate surface area is 43.5 Å². The van der Waals surface area contributed by atoms with Gasteiger partial charge in [0.25, 0.3) is 0 Å². The molecule has 1 atom stereocenters. The van der Waals surface area contributed by atoms with Crippen molar-refractivity contribution in [1.29, 1.82) is 0 Å². The van der Waals surface area contributed by atoms with Crippen molar-refractivity contribution >= 4 is 5.97 Å². The number of nitrogens with two attached hydrogens (primary N) is 1. The van der Waals surface area contributed by atoms with Crippen LogP contribution in [0, 0.1) is 0 Å². The molecule has 0 aromatic carbocycles. The summed E-state index contributed by atoms with van der Waals surface area (Å²) in [5, 5.41) is 8.13. The Bertz CT molecular complexity index is 102. The Kier molecular flexibility index (Phi) is 1.69. The van der Waals surface area contributed by atoms with Crippen molar-refractivity contribution in [2.45, 2.75) is 19.4 Å². The van der Waals surface area contributed by atoms with Gasteiger partial charge in [-0.25, -0.2) is 0 Å². The molecular weight excluding hydrogens is 94.0 g/mol. The average Bonchev–Trinajstić information content (AvgIpc) is 1.67. The molecule has 0 aliphatic rings. The van der Waals surface area contributed by atoms with E-state index < -0.39 is 12.0 Å². The third-order valence-corrected chi connectivity index (χ3v) is 0.656. The topological polar surface area (TPSA) is 63.3 Å². The summed E-state index contributed by atoms with van der Waals surface area (Å²) in [5.74, 6) is -1.28. The lowest BCUT2D eigenvalue weighted by Gasteiger charge is -1.97. The van der Waals surface area contributed by atoms with Crippen LogP contribution in [-0.4, -0.2) is 17.1 Å². The lowest BCUT2D eigenvalue weighted by atomic mass is 10.2. The van der Waals surface area contributed by atoms with Gasteiger partial charge in [-0.2, -0.15) is 0 Å². The van der Waals surface area contributed by atoms with Crippen molar-refractivity contribution in [2.75, 3.05) is 0 Å². The van der Waals surface area contributed by atoms with Crippen LogP contribution in [0.4, 0.5) is 0 Å². The van der Waals surface area contributed by atoms with Gasteiger partial charge < -0.3 is 10.8 Å². The molecule has 42 valence electrons. The Morgan fingerprint density at radius 3 is 2.71 bits per heavy atom. The molecule has 0 saturated carbocycles. The first kappa shape index (κ1) is 4.59. The van der Waals surface area contributed by atoms with Crippen LogP contribution in [0.5, 0.6) is 0 Å². The van der Waals surface area contributed by atoms with Crippen LogP contribution >= 0.6 is 0 Å². The largest absolute Gasteiger partial charge is 0.480 e. The Balaban J connectivity index is 3.91. The highest BCUT2D eigenvalue weighted by Gasteiger charge is 2.05. The van der Waals surface area contributed by atoms with Crippen LogP contribution < -0.4 is 5.73 Å². The van der Waals surface area contributed by atoms with Crippen molar-refractivity contribution in [2.24, 2.45) is 5.73 Å². The molecule has 3 heteroatoms. The van der Waals surface area contributed by atoms with E-state index >= 15 is 0 Å². The molecule has 0 spiro atoms. The Morgan fingerprint density at radius 2 is 2.71 bits per heavy atom. The predicted octanol–water partition coefficient (Wildman–Crippen LogP) is -0.192. The van der Waals surface area contributed by atoms with Gasteiger partial charge in [0.2, 0.25) is 0 Å². The summed E-state index contributed by atoms with van der Waals surface area (Å²) < 4.78 is 6.81. The van der Waals surface area contributed by atoms with E-state index in [1.54, 1.807) is 6.92 Å². The summed E-state index contributed by atoms with van der Waals surface area (Å²) in [7, 11) is 0. The van der Waals surface area contributed by atoms with E-state index in [0.29, 0.717) is 0 Å². The molecule has 0 aromatic heterocycles. The number of carboxylic acid groups (broad SMARTS) is 1. The second-order valence-corrected chi connectivity index (χ2v) is 1.18. The minimum atomic E-state index is -1.79. The maximum absolute atomic E-state index is 9.94. The second-order valence-electron chi connectivity index (χ2n) is 1.18. The van der Waals surface area contributed by atoms with Gasteiger partial charge in [-0.15, -0.1) is 0 Å². The Hall–Kier alpha value is -0.570. The first-order chi connectivity index (χ1) is 3.50. The summed E-state index contributed by atoms with van der Waals surface area (Å²) in [4.78, 5) is 9.94. The van der Waals surface area contributed by atoms with Crippen molar-refractivity contribution < 1.29 is 11.3 Å². The van der Waals surface area contributed by atoms with Crippen LogP contribution in [-0.2, 0) is 4.79 Å². The maximum Gasteiger partial charge on any atom is 0.320 e. The molecule has 0 fully saturated rings. The van der Waals surface area contributed by atoms with Crippen molar-refractivity contribution in [3.05, 3.63) is 0 Å². The highest BCUT2D eigenvalue weighted by molar-refractivity contribution is 5.72. The standard InChI is InChI=1S/C4H9NO2/c1-2-3(5)4(6)7/h3H,2,5H2,1H3,(H,6,7)/t3-/m1/s1/i3D. The van der Waals surface area contributed by atoms with Gasteiger partial charge in [0.05, 0.1) is 1.37 Å². The number of hydrogen-bond acceptors (Lipinski definition) is 2.